The van der Waals surface area contributed by atoms with E-state index in [1.807, 2.05) is 18.2 Å². The van der Waals surface area contributed by atoms with Crippen molar-refractivity contribution in [2.24, 2.45) is 5.18 Å². The van der Waals surface area contributed by atoms with Crippen molar-refractivity contribution in [3.8, 4) is 0 Å². The molecule has 0 aromatic heterocycles. The molecule has 3 aliphatic heterocycles. The zero-order valence-corrected chi connectivity index (χ0v) is 11.2. The van der Waals surface area contributed by atoms with Crippen LogP contribution < -0.4 is 0 Å². The van der Waals surface area contributed by atoms with Gasteiger partial charge in [-0.25, -0.2) is 0 Å². The van der Waals surface area contributed by atoms with Crippen molar-refractivity contribution in [2.75, 3.05) is 13.1 Å². The van der Waals surface area contributed by atoms with Crippen LogP contribution >= 0.6 is 0 Å². The summed E-state index contributed by atoms with van der Waals surface area (Å²) >= 11 is 0. The molecule has 0 unspecified atom stereocenters. The molecule has 1 aromatic rings. The number of nitroso groups, excluding NO2 is 1. The van der Waals surface area contributed by atoms with Crippen LogP contribution in [-0.2, 0) is 11.3 Å². The van der Waals surface area contributed by atoms with Gasteiger partial charge in [-0.05, 0) is 23.6 Å². The molecule has 3 aliphatic rings. The lowest BCUT2D eigenvalue weighted by Gasteiger charge is -2.34. The molecule has 0 spiro atoms. The van der Waals surface area contributed by atoms with Gasteiger partial charge >= 0.3 is 0 Å². The number of benzene rings is 1. The molecule has 20 heavy (non-hydrogen) atoms. The molecule has 2 atom stereocenters. The van der Waals surface area contributed by atoms with E-state index in [2.05, 4.69) is 27.1 Å². The quantitative estimate of drug-likeness (QED) is 0.791. The maximum absolute atomic E-state index is 11.2. The number of hydrogen-bond acceptors (Lipinski definition) is 5. The summed E-state index contributed by atoms with van der Waals surface area (Å²) in [7, 11) is 0. The van der Waals surface area contributed by atoms with E-state index in [-0.39, 0.29) is 12.3 Å². The summed E-state index contributed by atoms with van der Waals surface area (Å²) in [6, 6.07) is 10.3. The Morgan fingerprint density at radius 2 is 2.05 bits per heavy atom. The first-order chi connectivity index (χ1) is 9.86. The molecule has 2 saturated heterocycles. The van der Waals surface area contributed by atoms with E-state index in [1.165, 1.54) is 5.56 Å². The zero-order valence-electron chi connectivity index (χ0n) is 11.2. The van der Waals surface area contributed by atoms with Gasteiger partial charge in [-0.3, -0.25) is 0 Å². The lowest BCUT2D eigenvalue weighted by atomic mass is 10.2. The van der Waals surface area contributed by atoms with Crippen molar-refractivity contribution in [1.29, 1.82) is 0 Å². The van der Waals surface area contributed by atoms with Crippen LogP contribution in [0.3, 0.4) is 0 Å². The average Bonchev–Trinajstić information content (AvgIpc) is 3.08. The van der Waals surface area contributed by atoms with Crippen LogP contribution in [0.2, 0.25) is 0 Å². The van der Waals surface area contributed by atoms with Crippen molar-refractivity contribution in [2.45, 2.75) is 31.7 Å². The molecule has 2 fully saturated rings. The monoisotopic (exact) mass is 271 g/mol. The molecule has 0 saturated carbocycles. The molecule has 5 nitrogen and oxygen atoms in total. The van der Waals surface area contributed by atoms with Gasteiger partial charge in [0.25, 0.3) is 0 Å². The molecular formula is C15H17N3O2. The minimum atomic E-state index is -0.0971. The van der Waals surface area contributed by atoms with Crippen molar-refractivity contribution in [3.05, 3.63) is 52.3 Å². The molecule has 5 heteroatoms. The Bertz CT molecular complexity index is 557. The highest BCUT2D eigenvalue weighted by Crippen LogP contribution is 2.41. The van der Waals surface area contributed by atoms with E-state index in [9.17, 15) is 4.91 Å². The topological polar surface area (TPSA) is 45.1 Å². The molecule has 4 rings (SSSR count). The summed E-state index contributed by atoms with van der Waals surface area (Å²) in [4.78, 5) is 15.7. The van der Waals surface area contributed by atoms with Gasteiger partial charge in [-0.15, -0.1) is 4.91 Å². The highest BCUT2D eigenvalue weighted by atomic mass is 16.5. The Morgan fingerprint density at radius 1 is 1.20 bits per heavy atom. The average molecular weight is 271 g/mol. The van der Waals surface area contributed by atoms with E-state index in [1.54, 1.807) is 0 Å². The first kappa shape index (κ1) is 11.9. The van der Waals surface area contributed by atoms with E-state index < -0.39 is 0 Å². The molecule has 0 amide bonds. The summed E-state index contributed by atoms with van der Waals surface area (Å²) < 4.78 is 5.86. The predicted octanol–water partition coefficient (Wildman–Crippen LogP) is 2.26. The number of ether oxygens (including phenoxy) is 1. The molecule has 1 aromatic carbocycles. The minimum Gasteiger partial charge on any atom is -0.350 e. The van der Waals surface area contributed by atoms with Crippen molar-refractivity contribution in [1.82, 2.24) is 9.80 Å². The Labute approximate surface area is 117 Å². The maximum atomic E-state index is 11.2. The summed E-state index contributed by atoms with van der Waals surface area (Å²) in [5.41, 5.74) is 1.85. The van der Waals surface area contributed by atoms with Gasteiger partial charge in [0.05, 0.1) is 0 Å². The van der Waals surface area contributed by atoms with Crippen LogP contribution in [0.25, 0.3) is 0 Å². The van der Waals surface area contributed by atoms with Gasteiger partial charge in [-0.2, -0.15) is 0 Å². The van der Waals surface area contributed by atoms with Crippen LogP contribution in [0.1, 0.15) is 18.4 Å². The van der Waals surface area contributed by atoms with Crippen LogP contribution in [0.5, 0.6) is 0 Å². The van der Waals surface area contributed by atoms with Crippen molar-refractivity contribution >= 4 is 0 Å². The number of hydrogen-bond donors (Lipinski definition) is 0. The maximum Gasteiger partial charge on any atom is 0.154 e. The summed E-state index contributed by atoms with van der Waals surface area (Å²) in [6.45, 7) is 2.67. The molecule has 2 bridgehead atoms. The van der Waals surface area contributed by atoms with Crippen LogP contribution in [0, 0.1) is 4.91 Å². The Balaban J connectivity index is 1.67. The lowest BCUT2D eigenvalue weighted by Crippen LogP contribution is -2.39. The largest absolute Gasteiger partial charge is 0.350 e. The summed E-state index contributed by atoms with van der Waals surface area (Å²) in [5, 5.41) is 3.28. The first-order valence-electron chi connectivity index (χ1n) is 7.15. The molecule has 0 radical (unpaired) electrons. The third kappa shape index (κ3) is 1.73. The molecule has 3 heterocycles. The van der Waals surface area contributed by atoms with E-state index in [0.29, 0.717) is 5.70 Å². The normalized spacial score (nSPS) is 28.0. The number of fused-ring (bicyclic) bond motifs is 4. The first-order valence-corrected chi connectivity index (χ1v) is 7.15. The summed E-state index contributed by atoms with van der Waals surface area (Å²) in [5.74, 6) is 1.00. The Hall–Kier alpha value is -1.88. The highest BCUT2D eigenvalue weighted by Gasteiger charge is 2.45. The van der Waals surface area contributed by atoms with Gasteiger partial charge in [0.2, 0.25) is 0 Å². The second-order valence-electron chi connectivity index (χ2n) is 5.56. The number of nitrogens with zero attached hydrogens (tertiary/aromatic N) is 3. The SMILES string of the molecule is O=NC1=C2N(Cc3ccccc3)CCN2[C@@H]2CC[C@H]1O2. The van der Waals surface area contributed by atoms with Crippen molar-refractivity contribution < 1.29 is 4.74 Å². The van der Waals surface area contributed by atoms with E-state index >= 15 is 0 Å². The van der Waals surface area contributed by atoms with Gasteiger partial charge in [0.1, 0.15) is 18.2 Å². The molecule has 0 aliphatic carbocycles. The summed E-state index contributed by atoms with van der Waals surface area (Å²) in [6.07, 6.45) is 1.94. The Kier molecular flexibility index (Phi) is 2.73. The third-order valence-corrected chi connectivity index (χ3v) is 4.38. The fourth-order valence-electron chi connectivity index (χ4n) is 3.46. The molecular weight excluding hydrogens is 254 g/mol. The minimum absolute atomic E-state index is 0.0971. The van der Waals surface area contributed by atoms with Crippen LogP contribution in [-0.4, -0.2) is 35.2 Å². The van der Waals surface area contributed by atoms with Gasteiger partial charge in [0.15, 0.2) is 5.70 Å². The highest BCUT2D eigenvalue weighted by molar-refractivity contribution is 5.25. The van der Waals surface area contributed by atoms with Crippen molar-refractivity contribution in [3.63, 3.8) is 0 Å². The lowest BCUT2D eigenvalue weighted by molar-refractivity contribution is -0.0429. The zero-order chi connectivity index (χ0) is 13.5. The third-order valence-electron chi connectivity index (χ3n) is 4.38. The van der Waals surface area contributed by atoms with Gasteiger partial charge < -0.3 is 14.5 Å². The fraction of sp³-hybridized carbons (Fsp3) is 0.467. The number of rotatable bonds is 3. The smallest absolute Gasteiger partial charge is 0.154 e. The second-order valence-corrected chi connectivity index (χ2v) is 5.56. The van der Waals surface area contributed by atoms with E-state index in [0.717, 1.165) is 38.3 Å². The standard InChI is InChI=1S/C15H17N3O2/c19-16-14-12-6-7-13(20-12)18-9-8-17(15(14)18)10-11-4-2-1-3-5-11/h1-5,12-13H,6-10H2/t12-,13+/m1/s1. The second kappa shape index (κ2) is 4.59. The Morgan fingerprint density at radius 3 is 2.85 bits per heavy atom. The predicted molar refractivity (Wildman–Crippen MR) is 74.3 cm³/mol. The fourth-order valence-corrected chi connectivity index (χ4v) is 3.46. The van der Waals surface area contributed by atoms with Gasteiger partial charge in [0, 0.05) is 19.6 Å². The van der Waals surface area contributed by atoms with Gasteiger partial charge in [-0.1, -0.05) is 30.3 Å². The van der Waals surface area contributed by atoms with E-state index in [4.69, 9.17) is 4.74 Å². The van der Waals surface area contributed by atoms with Crippen LogP contribution in [0.4, 0.5) is 0 Å². The molecule has 0 N–H and O–H groups in total. The molecule has 104 valence electrons. The van der Waals surface area contributed by atoms with Crippen LogP contribution in [0.15, 0.2) is 47.0 Å².